The molecule has 0 spiro atoms. The summed E-state index contributed by atoms with van der Waals surface area (Å²) in [6, 6.07) is 7.50. The van der Waals surface area contributed by atoms with Gasteiger partial charge in [0.1, 0.15) is 23.5 Å². The van der Waals surface area contributed by atoms with E-state index in [4.69, 9.17) is 4.55 Å². The number of nitrogens with one attached hydrogen (secondary N) is 4. The molecule has 4 fully saturated rings. The Labute approximate surface area is 296 Å². The molecule has 1 aliphatic carbocycles. The predicted octanol–water partition coefficient (Wildman–Crippen LogP) is 0.377. The van der Waals surface area contributed by atoms with Crippen LogP contribution in [-0.4, -0.2) is 102 Å². The minimum absolute atomic E-state index is 0.0141. The van der Waals surface area contributed by atoms with E-state index in [2.05, 4.69) is 25.8 Å². The summed E-state index contributed by atoms with van der Waals surface area (Å²) in [7, 11) is -4.99. The van der Waals surface area contributed by atoms with E-state index >= 15 is 4.39 Å². The number of hydrogen-bond donors (Lipinski definition) is 5. The van der Waals surface area contributed by atoms with Crippen molar-refractivity contribution in [2.24, 2.45) is 0 Å². The third-order valence-corrected chi connectivity index (χ3v) is 10.1. The largest absolute Gasteiger partial charge is 0.418 e. The Bertz CT molecular complexity index is 2090. The quantitative estimate of drug-likeness (QED) is 0.142. The van der Waals surface area contributed by atoms with E-state index in [-0.39, 0.29) is 42.8 Å². The molecule has 3 aliphatic heterocycles. The van der Waals surface area contributed by atoms with Gasteiger partial charge in [0.05, 0.1) is 17.2 Å². The van der Waals surface area contributed by atoms with Gasteiger partial charge in [-0.25, -0.2) is 9.18 Å². The molecule has 4 aliphatic rings. The maximum absolute atomic E-state index is 15.4. The van der Waals surface area contributed by atoms with Gasteiger partial charge in [-0.05, 0) is 43.4 Å². The summed E-state index contributed by atoms with van der Waals surface area (Å²) in [4.78, 5) is 70.0. The van der Waals surface area contributed by atoms with Crippen molar-refractivity contribution in [3.8, 4) is 0 Å². The van der Waals surface area contributed by atoms with E-state index in [0.717, 1.165) is 23.8 Å². The van der Waals surface area contributed by atoms with Gasteiger partial charge in [0, 0.05) is 56.8 Å². The lowest BCUT2D eigenvalue weighted by atomic mass is 9.99. The Balaban J connectivity index is 1.08. The van der Waals surface area contributed by atoms with Crippen LogP contribution in [-0.2, 0) is 30.7 Å². The van der Waals surface area contributed by atoms with Crippen LogP contribution in [0.5, 0.6) is 0 Å². The molecule has 3 atom stereocenters. The van der Waals surface area contributed by atoms with Gasteiger partial charge >= 0.3 is 16.4 Å². The average Bonchev–Trinajstić information content (AvgIpc) is 3.95. The summed E-state index contributed by atoms with van der Waals surface area (Å²) in [5.74, 6) is -3.07. The van der Waals surface area contributed by atoms with Crippen LogP contribution in [0.2, 0.25) is 0 Å². The summed E-state index contributed by atoms with van der Waals surface area (Å²) >= 11 is 0. The van der Waals surface area contributed by atoms with Crippen LogP contribution < -0.4 is 31.8 Å². The molecule has 7 rings (SSSR count). The topological polar surface area (TPSA) is 212 Å². The van der Waals surface area contributed by atoms with E-state index in [1.165, 1.54) is 6.20 Å². The second kappa shape index (κ2) is 14.1. The first-order valence-corrected chi connectivity index (χ1v) is 18.3. The molecular weight excluding hydrogens is 703 g/mol. The molecule has 276 valence electrons. The number of piperazine rings is 1. The molecule has 0 radical (unpaired) electrons. The van der Waals surface area contributed by atoms with Gasteiger partial charge in [-0.15, -0.1) is 4.28 Å². The van der Waals surface area contributed by atoms with Crippen molar-refractivity contribution >= 4 is 50.7 Å². The van der Waals surface area contributed by atoms with Gasteiger partial charge in [0.2, 0.25) is 11.3 Å². The second-order valence-corrected chi connectivity index (χ2v) is 14.3. The zero-order valence-corrected chi connectivity index (χ0v) is 28.6. The van der Waals surface area contributed by atoms with Gasteiger partial charge in [-0.3, -0.25) is 34.6 Å². The highest BCUT2D eigenvalue weighted by Crippen LogP contribution is 2.38. The minimum atomic E-state index is -4.99. The molecular formula is C33H37FN8O9S. The molecule has 3 aromatic rings. The van der Waals surface area contributed by atoms with Crippen molar-refractivity contribution in [2.75, 3.05) is 37.6 Å². The van der Waals surface area contributed by atoms with Gasteiger partial charge < -0.3 is 25.0 Å². The zero-order chi connectivity index (χ0) is 36.7. The number of aromatic nitrogens is 1. The Hall–Kier alpha value is -5.11. The summed E-state index contributed by atoms with van der Waals surface area (Å²) in [6.45, 7) is 2.54. The number of amides is 5. The highest BCUT2D eigenvalue weighted by atomic mass is 32.3. The van der Waals surface area contributed by atoms with E-state index in [1.807, 2.05) is 4.90 Å². The van der Waals surface area contributed by atoms with Crippen molar-refractivity contribution in [2.45, 2.75) is 56.3 Å². The van der Waals surface area contributed by atoms with Crippen molar-refractivity contribution in [1.82, 2.24) is 36.0 Å². The summed E-state index contributed by atoms with van der Waals surface area (Å²) in [6.07, 6.45) is 3.31. The molecule has 1 saturated carbocycles. The minimum Gasteiger partial charge on any atom is -0.367 e. The number of benzene rings is 2. The Morgan fingerprint density at radius 2 is 1.71 bits per heavy atom. The number of hydrazine groups is 1. The summed E-state index contributed by atoms with van der Waals surface area (Å²) < 4.78 is 53.3. The monoisotopic (exact) mass is 740 g/mol. The molecule has 5 N–H and O–H groups in total. The van der Waals surface area contributed by atoms with Crippen LogP contribution in [0.25, 0.3) is 10.9 Å². The number of hydroxylamine groups is 2. The highest BCUT2D eigenvalue weighted by molar-refractivity contribution is 7.80. The number of fused-ring (bicyclic) bond motifs is 3. The Morgan fingerprint density at radius 3 is 2.40 bits per heavy atom. The van der Waals surface area contributed by atoms with Crippen molar-refractivity contribution in [3.63, 3.8) is 0 Å². The fourth-order valence-corrected chi connectivity index (χ4v) is 7.42. The number of hydrogen-bond acceptors (Lipinski definition) is 10. The van der Waals surface area contributed by atoms with Crippen LogP contribution in [0.1, 0.15) is 47.6 Å². The van der Waals surface area contributed by atoms with Crippen LogP contribution in [0.15, 0.2) is 53.5 Å². The predicted molar refractivity (Wildman–Crippen MR) is 183 cm³/mol. The number of urea groups is 1. The van der Waals surface area contributed by atoms with Gasteiger partial charge in [0.15, 0.2) is 0 Å². The number of anilines is 1. The lowest BCUT2D eigenvalue weighted by molar-refractivity contribution is -0.132. The lowest BCUT2D eigenvalue weighted by Crippen LogP contribution is -2.57. The normalized spacial score (nSPS) is 20.9. The molecule has 2 aromatic carbocycles. The molecule has 3 saturated heterocycles. The number of rotatable bonds is 10. The van der Waals surface area contributed by atoms with E-state index < -0.39 is 63.5 Å². The third kappa shape index (κ3) is 7.29. The first-order chi connectivity index (χ1) is 24.9. The maximum Gasteiger partial charge on any atom is 0.418 e. The molecule has 4 heterocycles. The standard InChI is InChI=1S/C33H37FN8O9S/c34-24-15-22-27(16-28(24)39-12-10-35-11-13-39)40(20-6-7-20)18-23(29(22)43)30(44)37-38-31(45)25(14-19-4-2-1-3-5-19)36-32(46)26-9-8-21-17-41(26)33(47)42(21)51-52(48,49)50/h1-5,15-16,18,20-21,25-26,35H,6-14,17H2,(H,36,46)(H,37,44)(H,38,45)(H,48,49,50)/t21-,25+,26+/m1/s1. The molecule has 17 nitrogen and oxygen atoms in total. The van der Waals surface area contributed by atoms with Crippen LogP contribution in [0.4, 0.5) is 14.9 Å². The van der Waals surface area contributed by atoms with Crippen molar-refractivity contribution < 1.29 is 40.8 Å². The molecule has 0 unspecified atom stereocenters. The van der Waals surface area contributed by atoms with Gasteiger partial charge in [-0.2, -0.15) is 13.5 Å². The summed E-state index contributed by atoms with van der Waals surface area (Å²) in [5, 5.41) is 6.40. The third-order valence-electron chi connectivity index (χ3n) is 9.76. The van der Waals surface area contributed by atoms with E-state index in [9.17, 15) is 32.4 Å². The van der Waals surface area contributed by atoms with Crippen LogP contribution in [0, 0.1) is 5.82 Å². The number of pyridine rings is 1. The fraction of sp³-hybridized carbons (Fsp3) is 0.424. The zero-order valence-electron chi connectivity index (χ0n) is 27.8. The highest BCUT2D eigenvalue weighted by Gasteiger charge is 2.49. The fourth-order valence-electron chi connectivity index (χ4n) is 7.03. The molecule has 1 aromatic heterocycles. The molecule has 19 heteroatoms. The van der Waals surface area contributed by atoms with E-state index in [0.29, 0.717) is 48.0 Å². The number of carbonyl (C=O) groups is 4. The molecule has 5 amide bonds. The second-order valence-electron chi connectivity index (χ2n) is 13.3. The van der Waals surface area contributed by atoms with Crippen LogP contribution >= 0.6 is 0 Å². The SMILES string of the molecule is O=C(NNC(=O)[C@H](Cc1ccccc1)NC(=O)[C@@H]1CC[C@@H]2CN1C(=O)N2OS(=O)(=O)O)c1cn(C2CC2)c2cc(N3CCNCC3)c(F)cc2c1=O. The number of piperidine rings is 1. The average molecular weight is 741 g/mol. The number of nitrogens with zero attached hydrogens (tertiary/aromatic N) is 4. The first-order valence-electron chi connectivity index (χ1n) is 16.9. The number of halogens is 1. The maximum atomic E-state index is 15.4. The molecule has 2 bridgehead atoms. The molecule has 52 heavy (non-hydrogen) atoms. The van der Waals surface area contributed by atoms with E-state index in [1.54, 1.807) is 41.0 Å². The lowest BCUT2D eigenvalue weighted by Gasteiger charge is -2.30. The first kappa shape index (κ1) is 35.3. The summed E-state index contributed by atoms with van der Waals surface area (Å²) in [5.41, 5.74) is 5.09. The van der Waals surface area contributed by atoms with Gasteiger partial charge in [-0.1, -0.05) is 30.3 Å². The smallest absolute Gasteiger partial charge is 0.367 e. The van der Waals surface area contributed by atoms with Crippen molar-refractivity contribution in [1.29, 1.82) is 0 Å². The number of carbonyl (C=O) groups excluding carboxylic acids is 4. The Kier molecular flexibility index (Phi) is 9.59. The Morgan fingerprint density at radius 1 is 1.00 bits per heavy atom. The van der Waals surface area contributed by atoms with Crippen molar-refractivity contribution in [3.05, 3.63) is 75.8 Å². The van der Waals surface area contributed by atoms with Gasteiger partial charge in [0.25, 0.3) is 11.8 Å². The van der Waals surface area contributed by atoms with Crippen LogP contribution in [0.3, 0.4) is 0 Å².